The minimum atomic E-state index is -0.431. The molecule has 1 rings (SSSR count). The molecule has 0 aromatic heterocycles. The summed E-state index contributed by atoms with van der Waals surface area (Å²) in [6.45, 7) is 2.54. The molecule has 0 spiro atoms. The van der Waals surface area contributed by atoms with E-state index in [1.54, 1.807) is 12.1 Å². The van der Waals surface area contributed by atoms with E-state index in [0.717, 1.165) is 6.42 Å². The average molecular weight is 210 g/mol. The van der Waals surface area contributed by atoms with Crippen LogP contribution in [0.1, 0.15) is 18.9 Å². The first-order valence-corrected chi connectivity index (χ1v) is 4.81. The molecule has 15 heavy (non-hydrogen) atoms. The molecule has 0 heterocycles. The molecule has 82 valence electrons. The predicted octanol–water partition coefficient (Wildman–Crippen LogP) is 1.91. The summed E-state index contributed by atoms with van der Waals surface area (Å²) < 4.78 is 0. The molecule has 0 unspecified atom stereocenters. The van der Waals surface area contributed by atoms with Gasteiger partial charge >= 0.3 is 0 Å². The fourth-order valence-corrected chi connectivity index (χ4v) is 1.24. The maximum absolute atomic E-state index is 10.7. The van der Waals surface area contributed by atoms with E-state index in [9.17, 15) is 10.1 Å². The fourth-order valence-electron chi connectivity index (χ4n) is 1.24. The molecule has 0 aliphatic rings. The standard InChI is InChI=1S/C10H14N2O3/c1-2-5-11-9-6-8(7-13)3-4-10(9)12(14)15/h3-4,6,11,13H,2,5,7H2,1H3. The Morgan fingerprint density at radius 3 is 2.80 bits per heavy atom. The Kier molecular flexibility index (Phi) is 4.05. The summed E-state index contributed by atoms with van der Waals surface area (Å²) in [6.07, 6.45) is 0.889. The molecular weight excluding hydrogens is 196 g/mol. The quantitative estimate of drug-likeness (QED) is 0.575. The zero-order chi connectivity index (χ0) is 11.3. The average Bonchev–Trinajstić information content (AvgIpc) is 2.25. The normalized spacial score (nSPS) is 10.0. The second kappa shape index (κ2) is 5.31. The lowest BCUT2D eigenvalue weighted by Crippen LogP contribution is -2.03. The van der Waals surface area contributed by atoms with Crippen LogP contribution in [0.5, 0.6) is 0 Å². The second-order valence-electron chi connectivity index (χ2n) is 3.19. The lowest BCUT2D eigenvalue weighted by Gasteiger charge is -2.06. The van der Waals surface area contributed by atoms with Gasteiger partial charge in [0, 0.05) is 12.6 Å². The summed E-state index contributed by atoms with van der Waals surface area (Å²) in [5.74, 6) is 0. The topological polar surface area (TPSA) is 75.4 Å². The molecule has 0 amide bonds. The van der Waals surface area contributed by atoms with E-state index in [4.69, 9.17) is 5.11 Å². The molecule has 1 aromatic carbocycles. The molecule has 5 heteroatoms. The molecule has 0 atom stereocenters. The molecule has 1 aromatic rings. The summed E-state index contributed by atoms with van der Waals surface area (Å²) in [5, 5.41) is 22.6. The number of anilines is 1. The van der Waals surface area contributed by atoms with Crippen LogP contribution in [0.2, 0.25) is 0 Å². The van der Waals surface area contributed by atoms with Crippen molar-refractivity contribution in [2.24, 2.45) is 0 Å². The van der Waals surface area contributed by atoms with Gasteiger partial charge in [0.1, 0.15) is 5.69 Å². The van der Waals surface area contributed by atoms with Crippen molar-refractivity contribution in [1.82, 2.24) is 0 Å². The van der Waals surface area contributed by atoms with Crippen LogP contribution in [-0.2, 0) is 6.61 Å². The van der Waals surface area contributed by atoms with Crippen LogP contribution in [0.25, 0.3) is 0 Å². The van der Waals surface area contributed by atoms with E-state index in [0.29, 0.717) is 17.8 Å². The SMILES string of the molecule is CCCNc1cc(CO)ccc1[N+](=O)[O-]. The number of hydrogen-bond acceptors (Lipinski definition) is 4. The second-order valence-corrected chi connectivity index (χ2v) is 3.19. The number of benzene rings is 1. The third-order valence-corrected chi connectivity index (χ3v) is 2.01. The minimum absolute atomic E-state index is 0.0423. The van der Waals surface area contributed by atoms with Crippen LogP contribution in [0, 0.1) is 10.1 Å². The lowest BCUT2D eigenvalue weighted by molar-refractivity contribution is -0.384. The number of aliphatic hydroxyl groups is 1. The minimum Gasteiger partial charge on any atom is -0.392 e. The van der Waals surface area contributed by atoms with Gasteiger partial charge < -0.3 is 10.4 Å². The smallest absolute Gasteiger partial charge is 0.292 e. The van der Waals surface area contributed by atoms with Gasteiger partial charge in [-0.25, -0.2) is 0 Å². The van der Waals surface area contributed by atoms with Gasteiger partial charge in [0.15, 0.2) is 0 Å². The maximum atomic E-state index is 10.7. The highest BCUT2D eigenvalue weighted by atomic mass is 16.6. The van der Waals surface area contributed by atoms with E-state index in [1.807, 2.05) is 6.92 Å². The highest BCUT2D eigenvalue weighted by molar-refractivity contribution is 5.62. The number of nitrogens with zero attached hydrogens (tertiary/aromatic N) is 1. The Balaban J connectivity index is 2.99. The molecule has 0 aliphatic carbocycles. The van der Waals surface area contributed by atoms with Gasteiger partial charge in [0.2, 0.25) is 0 Å². The number of nitro benzene ring substituents is 1. The molecule has 2 N–H and O–H groups in total. The number of nitrogens with one attached hydrogen (secondary N) is 1. The van der Waals surface area contributed by atoms with E-state index in [1.165, 1.54) is 6.07 Å². The molecule has 0 fully saturated rings. The van der Waals surface area contributed by atoms with Gasteiger partial charge in [-0.3, -0.25) is 10.1 Å². The summed E-state index contributed by atoms with van der Waals surface area (Å²) in [5.41, 5.74) is 1.17. The molecule has 0 saturated carbocycles. The largest absolute Gasteiger partial charge is 0.392 e. The Morgan fingerprint density at radius 1 is 1.53 bits per heavy atom. The van der Waals surface area contributed by atoms with Crippen LogP contribution < -0.4 is 5.32 Å². The lowest BCUT2D eigenvalue weighted by atomic mass is 10.2. The van der Waals surface area contributed by atoms with Gasteiger partial charge in [-0.15, -0.1) is 0 Å². The summed E-state index contributed by atoms with van der Waals surface area (Å²) in [7, 11) is 0. The Hall–Kier alpha value is -1.62. The van der Waals surface area contributed by atoms with Crippen molar-refractivity contribution >= 4 is 11.4 Å². The first-order valence-electron chi connectivity index (χ1n) is 4.81. The third-order valence-electron chi connectivity index (χ3n) is 2.01. The van der Waals surface area contributed by atoms with Crippen LogP contribution >= 0.6 is 0 Å². The summed E-state index contributed by atoms with van der Waals surface area (Å²) >= 11 is 0. The number of hydrogen-bond donors (Lipinski definition) is 2. The van der Waals surface area contributed by atoms with E-state index < -0.39 is 4.92 Å². The highest BCUT2D eigenvalue weighted by Gasteiger charge is 2.12. The van der Waals surface area contributed by atoms with Gasteiger partial charge in [-0.2, -0.15) is 0 Å². The molecule has 0 saturated heterocycles. The first kappa shape index (κ1) is 11.5. The van der Waals surface area contributed by atoms with Crippen molar-refractivity contribution in [1.29, 1.82) is 0 Å². The zero-order valence-electron chi connectivity index (χ0n) is 8.56. The van der Waals surface area contributed by atoms with Crippen molar-refractivity contribution in [2.45, 2.75) is 20.0 Å². The molecular formula is C10H14N2O3. The van der Waals surface area contributed by atoms with Gasteiger partial charge in [0.25, 0.3) is 5.69 Å². The monoisotopic (exact) mass is 210 g/mol. The Labute approximate surface area is 87.9 Å². The van der Waals surface area contributed by atoms with Crippen molar-refractivity contribution in [3.8, 4) is 0 Å². The number of nitro groups is 1. The molecule has 0 radical (unpaired) electrons. The van der Waals surface area contributed by atoms with Crippen LogP contribution in [-0.4, -0.2) is 16.6 Å². The van der Waals surface area contributed by atoms with Crippen molar-refractivity contribution in [3.05, 3.63) is 33.9 Å². The zero-order valence-corrected chi connectivity index (χ0v) is 8.56. The Bertz CT molecular complexity index is 353. The highest BCUT2D eigenvalue weighted by Crippen LogP contribution is 2.25. The van der Waals surface area contributed by atoms with E-state index in [2.05, 4.69) is 5.32 Å². The Morgan fingerprint density at radius 2 is 2.27 bits per heavy atom. The predicted molar refractivity (Wildman–Crippen MR) is 57.8 cm³/mol. The molecule has 0 bridgehead atoms. The van der Waals surface area contributed by atoms with E-state index >= 15 is 0 Å². The molecule has 0 aliphatic heterocycles. The van der Waals surface area contributed by atoms with Crippen LogP contribution in [0.3, 0.4) is 0 Å². The fraction of sp³-hybridized carbons (Fsp3) is 0.400. The van der Waals surface area contributed by atoms with Crippen LogP contribution in [0.15, 0.2) is 18.2 Å². The van der Waals surface area contributed by atoms with E-state index in [-0.39, 0.29) is 12.3 Å². The maximum Gasteiger partial charge on any atom is 0.292 e. The van der Waals surface area contributed by atoms with Gasteiger partial charge in [-0.05, 0) is 24.1 Å². The number of aliphatic hydroxyl groups excluding tert-OH is 1. The van der Waals surface area contributed by atoms with Crippen molar-refractivity contribution in [3.63, 3.8) is 0 Å². The van der Waals surface area contributed by atoms with Crippen molar-refractivity contribution < 1.29 is 10.0 Å². The van der Waals surface area contributed by atoms with Crippen LogP contribution in [0.4, 0.5) is 11.4 Å². The summed E-state index contributed by atoms with van der Waals surface area (Å²) in [4.78, 5) is 10.3. The van der Waals surface area contributed by atoms with Gasteiger partial charge in [0.05, 0.1) is 11.5 Å². The third kappa shape index (κ3) is 2.92. The van der Waals surface area contributed by atoms with Gasteiger partial charge in [-0.1, -0.05) is 6.92 Å². The first-order chi connectivity index (χ1) is 7.19. The summed E-state index contributed by atoms with van der Waals surface area (Å²) in [6, 6.07) is 4.56. The number of rotatable bonds is 5. The molecule has 5 nitrogen and oxygen atoms in total. The van der Waals surface area contributed by atoms with Crippen molar-refractivity contribution in [2.75, 3.05) is 11.9 Å².